The topological polar surface area (TPSA) is 57.0 Å². The van der Waals surface area contributed by atoms with Crippen LogP contribution in [-0.2, 0) is 22.5 Å². The first kappa shape index (κ1) is 14.0. The molecular weight excluding hydrogens is 242 g/mol. The summed E-state index contributed by atoms with van der Waals surface area (Å²) >= 11 is 5.60. The molecule has 1 rings (SSSR count). The molecule has 0 spiro atoms. The molecule has 96 valence electrons. The standard InChI is InChI=1S/C11H18ClN3O2/c1-2-17-11(16)6-4-8-15-9-10(13-14-15)5-3-7-12/h9H,2-8H2,1H3. The Morgan fingerprint density at radius 3 is 3.06 bits per heavy atom. The van der Waals surface area contributed by atoms with Crippen molar-refractivity contribution < 1.29 is 9.53 Å². The van der Waals surface area contributed by atoms with Crippen LogP contribution in [0.5, 0.6) is 0 Å². The number of carbonyl (C=O) groups excluding carboxylic acids is 1. The van der Waals surface area contributed by atoms with E-state index in [-0.39, 0.29) is 5.97 Å². The predicted molar refractivity (Wildman–Crippen MR) is 64.9 cm³/mol. The van der Waals surface area contributed by atoms with Crippen LogP contribution in [0.4, 0.5) is 0 Å². The van der Waals surface area contributed by atoms with Crippen molar-refractivity contribution in [3.05, 3.63) is 11.9 Å². The molecule has 5 nitrogen and oxygen atoms in total. The highest BCUT2D eigenvalue weighted by Gasteiger charge is 2.03. The fourth-order valence-electron chi connectivity index (χ4n) is 1.43. The van der Waals surface area contributed by atoms with Crippen molar-refractivity contribution in [2.24, 2.45) is 0 Å². The summed E-state index contributed by atoms with van der Waals surface area (Å²) in [5.41, 5.74) is 0.946. The van der Waals surface area contributed by atoms with Crippen molar-refractivity contribution in [1.82, 2.24) is 15.0 Å². The van der Waals surface area contributed by atoms with Crippen LogP contribution in [-0.4, -0.2) is 33.5 Å². The zero-order chi connectivity index (χ0) is 12.5. The van der Waals surface area contributed by atoms with E-state index in [9.17, 15) is 4.79 Å². The van der Waals surface area contributed by atoms with Crippen LogP contribution >= 0.6 is 11.6 Å². The Labute approximate surface area is 106 Å². The number of hydrogen-bond donors (Lipinski definition) is 0. The normalized spacial score (nSPS) is 10.5. The van der Waals surface area contributed by atoms with E-state index in [4.69, 9.17) is 16.3 Å². The summed E-state index contributed by atoms with van der Waals surface area (Å²) in [6.45, 7) is 2.93. The number of hydrogen-bond acceptors (Lipinski definition) is 4. The molecule has 0 aliphatic rings. The van der Waals surface area contributed by atoms with Crippen molar-refractivity contribution in [3.63, 3.8) is 0 Å². The van der Waals surface area contributed by atoms with Gasteiger partial charge in [0.2, 0.25) is 0 Å². The average molecular weight is 260 g/mol. The molecule has 0 bridgehead atoms. The molecule has 1 heterocycles. The van der Waals surface area contributed by atoms with E-state index in [1.807, 2.05) is 6.20 Å². The number of alkyl halides is 1. The smallest absolute Gasteiger partial charge is 0.305 e. The molecule has 0 radical (unpaired) electrons. The van der Waals surface area contributed by atoms with Crippen molar-refractivity contribution >= 4 is 17.6 Å². The Kier molecular flexibility index (Phi) is 6.62. The second-order valence-corrected chi connectivity index (χ2v) is 4.05. The number of aryl methyl sites for hydroxylation is 2. The monoisotopic (exact) mass is 259 g/mol. The molecule has 0 saturated heterocycles. The van der Waals surface area contributed by atoms with E-state index < -0.39 is 0 Å². The van der Waals surface area contributed by atoms with Crippen LogP contribution in [0, 0.1) is 0 Å². The maximum absolute atomic E-state index is 11.1. The van der Waals surface area contributed by atoms with Crippen LogP contribution in [0.2, 0.25) is 0 Å². The van der Waals surface area contributed by atoms with Gasteiger partial charge in [0.15, 0.2) is 0 Å². The van der Waals surface area contributed by atoms with E-state index in [2.05, 4.69) is 10.3 Å². The Morgan fingerprint density at radius 1 is 1.53 bits per heavy atom. The van der Waals surface area contributed by atoms with E-state index in [1.165, 1.54) is 0 Å². The number of carbonyl (C=O) groups is 1. The zero-order valence-electron chi connectivity index (χ0n) is 10.1. The number of nitrogens with zero attached hydrogens (tertiary/aromatic N) is 3. The summed E-state index contributed by atoms with van der Waals surface area (Å²) in [5, 5.41) is 8.01. The summed E-state index contributed by atoms with van der Waals surface area (Å²) in [4.78, 5) is 11.1. The van der Waals surface area contributed by atoms with E-state index >= 15 is 0 Å². The van der Waals surface area contributed by atoms with Crippen LogP contribution in [0.1, 0.15) is 31.9 Å². The molecule has 17 heavy (non-hydrogen) atoms. The molecule has 0 atom stereocenters. The zero-order valence-corrected chi connectivity index (χ0v) is 10.8. The minimum absolute atomic E-state index is 0.157. The lowest BCUT2D eigenvalue weighted by Crippen LogP contribution is -2.06. The highest BCUT2D eigenvalue weighted by molar-refractivity contribution is 6.17. The molecule has 0 amide bonds. The second kappa shape index (κ2) is 8.06. The van der Waals surface area contributed by atoms with Gasteiger partial charge in [-0.1, -0.05) is 5.21 Å². The third kappa shape index (κ3) is 5.68. The fourth-order valence-corrected chi connectivity index (χ4v) is 1.56. The lowest BCUT2D eigenvalue weighted by atomic mass is 10.3. The Balaban J connectivity index is 2.22. The van der Waals surface area contributed by atoms with Crippen molar-refractivity contribution in [1.29, 1.82) is 0 Å². The van der Waals surface area contributed by atoms with Gasteiger partial charge in [0.1, 0.15) is 0 Å². The van der Waals surface area contributed by atoms with Crippen molar-refractivity contribution in [2.45, 2.75) is 39.2 Å². The Bertz CT molecular complexity index is 341. The first-order valence-electron chi connectivity index (χ1n) is 5.87. The quantitative estimate of drug-likeness (QED) is 0.528. The molecule has 0 aromatic carbocycles. The largest absolute Gasteiger partial charge is 0.466 e. The average Bonchev–Trinajstić information content (AvgIpc) is 2.75. The summed E-state index contributed by atoms with van der Waals surface area (Å²) in [6, 6.07) is 0. The summed E-state index contributed by atoms with van der Waals surface area (Å²) in [7, 11) is 0. The number of rotatable bonds is 8. The van der Waals surface area contributed by atoms with Gasteiger partial charge in [-0.3, -0.25) is 9.48 Å². The van der Waals surface area contributed by atoms with Crippen LogP contribution in [0.25, 0.3) is 0 Å². The molecule has 0 aliphatic heterocycles. The first-order valence-corrected chi connectivity index (χ1v) is 6.40. The third-order valence-electron chi connectivity index (χ3n) is 2.23. The number of halogens is 1. The highest BCUT2D eigenvalue weighted by atomic mass is 35.5. The molecule has 0 saturated carbocycles. The number of ether oxygens (including phenoxy) is 1. The second-order valence-electron chi connectivity index (χ2n) is 3.67. The van der Waals surface area contributed by atoms with Crippen LogP contribution < -0.4 is 0 Å². The SMILES string of the molecule is CCOC(=O)CCCn1cc(CCCCl)nn1. The molecule has 1 aromatic rings. The Morgan fingerprint density at radius 2 is 2.35 bits per heavy atom. The summed E-state index contributed by atoms with van der Waals surface area (Å²) < 4.78 is 6.59. The molecule has 6 heteroatoms. The van der Waals surface area contributed by atoms with E-state index in [0.717, 1.165) is 25.0 Å². The predicted octanol–water partition coefficient (Wildman–Crippen LogP) is 1.79. The van der Waals surface area contributed by atoms with Gasteiger partial charge in [-0.15, -0.1) is 16.7 Å². The van der Waals surface area contributed by atoms with Gasteiger partial charge in [-0.2, -0.15) is 0 Å². The van der Waals surface area contributed by atoms with Crippen molar-refractivity contribution in [2.75, 3.05) is 12.5 Å². The molecular formula is C11H18ClN3O2. The van der Waals surface area contributed by atoms with Gasteiger partial charge < -0.3 is 4.74 Å². The van der Waals surface area contributed by atoms with Gasteiger partial charge >= 0.3 is 5.97 Å². The van der Waals surface area contributed by atoms with E-state index in [0.29, 0.717) is 25.5 Å². The molecule has 0 unspecified atom stereocenters. The minimum Gasteiger partial charge on any atom is -0.466 e. The summed E-state index contributed by atoms with van der Waals surface area (Å²) in [5.74, 6) is 0.477. The van der Waals surface area contributed by atoms with Crippen LogP contribution in [0.15, 0.2) is 6.20 Å². The molecule has 0 fully saturated rings. The van der Waals surface area contributed by atoms with Crippen LogP contribution in [0.3, 0.4) is 0 Å². The van der Waals surface area contributed by atoms with Crippen molar-refractivity contribution in [3.8, 4) is 0 Å². The summed E-state index contributed by atoms with van der Waals surface area (Å²) in [6.07, 6.45) is 4.80. The van der Waals surface area contributed by atoms with E-state index in [1.54, 1.807) is 11.6 Å². The van der Waals surface area contributed by atoms with Gasteiger partial charge in [0.25, 0.3) is 0 Å². The lowest BCUT2D eigenvalue weighted by Gasteiger charge is -2.01. The molecule has 0 N–H and O–H groups in total. The number of esters is 1. The van der Waals surface area contributed by atoms with Gasteiger partial charge in [-0.05, 0) is 26.2 Å². The maximum Gasteiger partial charge on any atom is 0.305 e. The highest BCUT2D eigenvalue weighted by Crippen LogP contribution is 2.01. The first-order chi connectivity index (χ1) is 8.26. The minimum atomic E-state index is -0.157. The van der Waals surface area contributed by atoms with Gasteiger partial charge in [0.05, 0.1) is 12.3 Å². The number of aromatic nitrogens is 3. The lowest BCUT2D eigenvalue weighted by molar-refractivity contribution is -0.143. The maximum atomic E-state index is 11.1. The fraction of sp³-hybridized carbons (Fsp3) is 0.727. The van der Waals surface area contributed by atoms with Gasteiger partial charge in [0, 0.05) is 25.0 Å². The third-order valence-corrected chi connectivity index (χ3v) is 2.49. The molecule has 1 aromatic heterocycles. The Hall–Kier alpha value is -1.10. The van der Waals surface area contributed by atoms with Gasteiger partial charge in [-0.25, -0.2) is 0 Å². The molecule has 0 aliphatic carbocycles.